The van der Waals surface area contributed by atoms with Crippen molar-refractivity contribution >= 4 is 0 Å². The fourth-order valence-corrected chi connectivity index (χ4v) is 1.47. The van der Waals surface area contributed by atoms with Gasteiger partial charge in [-0.3, -0.25) is 0 Å². The molecule has 17 heavy (non-hydrogen) atoms. The lowest BCUT2D eigenvalue weighted by Gasteiger charge is -2.23. The Bertz CT molecular complexity index is 498. The highest BCUT2D eigenvalue weighted by molar-refractivity contribution is 5.47. The highest BCUT2D eigenvalue weighted by atomic mass is 15.0. The number of hydrogen-bond donors (Lipinski definition) is 2. The Morgan fingerprint density at radius 3 is 2.12 bits per heavy atom. The van der Waals surface area contributed by atoms with Gasteiger partial charge in [-0.25, -0.2) is 0 Å². The molecule has 1 aliphatic heterocycles. The number of allylic oxidation sites excluding steroid dienone is 5. The molecule has 2 aliphatic rings. The molecular formula is C15H22N2. The molecule has 0 saturated carbocycles. The average molecular weight is 230 g/mol. The predicted molar refractivity (Wildman–Crippen MR) is 77.1 cm³/mol. The van der Waals surface area contributed by atoms with Crippen molar-refractivity contribution in [1.29, 1.82) is 0 Å². The summed E-state index contributed by atoms with van der Waals surface area (Å²) in [5.74, 6) is 0. The largest absolute Gasteiger partial charge is 0.352 e. The molecule has 2 rings (SSSR count). The summed E-state index contributed by atoms with van der Waals surface area (Å²) in [6.07, 6.45) is 9.51. The second-order valence-electron chi connectivity index (χ2n) is 3.19. The molecule has 2 heteroatoms. The SMILES string of the molecule is C=CC1=C(/C=C\C)NC2=C(C=C=C=C2)N1.CC.[HH].[HH]. The molecule has 0 spiro atoms. The predicted octanol–water partition coefficient (Wildman–Crippen LogP) is 3.76. The Morgan fingerprint density at radius 1 is 1.12 bits per heavy atom. The Hall–Kier alpha value is -2.14. The van der Waals surface area contributed by atoms with E-state index in [9.17, 15) is 0 Å². The van der Waals surface area contributed by atoms with Crippen LogP contribution in [-0.4, -0.2) is 0 Å². The minimum atomic E-state index is 0. The van der Waals surface area contributed by atoms with Gasteiger partial charge in [-0.05, 0) is 19.1 Å². The van der Waals surface area contributed by atoms with Gasteiger partial charge in [-0.15, -0.1) is 0 Å². The first-order chi connectivity index (χ1) is 8.35. The van der Waals surface area contributed by atoms with Gasteiger partial charge in [-0.2, -0.15) is 0 Å². The topological polar surface area (TPSA) is 24.1 Å². The van der Waals surface area contributed by atoms with Gasteiger partial charge in [-0.1, -0.05) is 38.0 Å². The Morgan fingerprint density at radius 2 is 1.65 bits per heavy atom. The summed E-state index contributed by atoms with van der Waals surface area (Å²) in [5, 5.41) is 6.58. The average Bonchev–Trinajstić information content (AvgIpc) is 2.40. The molecule has 0 bridgehead atoms. The first kappa shape index (κ1) is 12.9. The van der Waals surface area contributed by atoms with Crippen LogP contribution in [0.3, 0.4) is 0 Å². The van der Waals surface area contributed by atoms with Crippen molar-refractivity contribution in [3.63, 3.8) is 0 Å². The lowest BCUT2D eigenvalue weighted by Crippen LogP contribution is -2.28. The van der Waals surface area contributed by atoms with Crippen molar-refractivity contribution in [2.24, 2.45) is 0 Å². The van der Waals surface area contributed by atoms with Gasteiger partial charge in [0.05, 0.1) is 22.8 Å². The lowest BCUT2D eigenvalue weighted by molar-refractivity contribution is 0.865. The van der Waals surface area contributed by atoms with Crippen molar-refractivity contribution in [2.75, 3.05) is 0 Å². The van der Waals surface area contributed by atoms with Crippen LogP contribution in [0.25, 0.3) is 0 Å². The molecule has 0 saturated heterocycles. The molecule has 2 nitrogen and oxygen atoms in total. The van der Waals surface area contributed by atoms with E-state index >= 15 is 0 Å². The van der Waals surface area contributed by atoms with Gasteiger partial charge < -0.3 is 10.6 Å². The Balaban J connectivity index is 0. The summed E-state index contributed by atoms with van der Waals surface area (Å²) in [4.78, 5) is 0. The number of rotatable bonds is 2. The monoisotopic (exact) mass is 230 g/mol. The van der Waals surface area contributed by atoms with Crippen LogP contribution in [0, 0.1) is 0 Å². The summed E-state index contributed by atoms with van der Waals surface area (Å²) < 4.78 is 0. The van der Waals surface area contributed by atoms with E-state index < -0.39 is 0 Å². The summed E-state index contributed by atoms with van der Waals surface area (Å²) in [6.45, 7) is 9.76. The fourth-order valence-electron chi connectivity index (χ4n) is 1.47. The quantitative estimate of drug-likeness (QED) is 0.706. The van der Waals surface area contributed by atoms with Crippen LogP contribution in [0.2, 0.25) is 0 Å². The van der Waals surface area contributed by atoms with Gasteiger partial charge in [0.15, 0.2) is 0 Å². The van der Waals surface area contributed by atoms with E-state index in [2.05, 4.69) is 28.7 Å². The zero-order valence-electron chi connectivity index (χ0n) is 10.6. The van der Waals surface area contributed by atoms with E-state index in [0.29, 0.717) is 0 Å². The van der Waals surface area contributed by atoms with Gasteiger partial charge in [0.1, 0.15) is 0 Å². The van der Waals surface area contributed by atoms with E-state index in [-0.39, 0.29) is 2.85 Å². The van der Waals surface area contributed by atoms with Gasteiger partial charge in [0.25, 0.3) is 0 Å². The molecule has 0 unspecified atom stereocenters. The van der Waals surface area contributed by atoms with Crippen LogP contribution < -0.4 is 10.6 Å². The molecule has 0 aromatic heterocycles. The van der Waals surface area contributed by atoms with Gasteiger partial charge >= 0.3 is 0 Å². The normalized spacial score (nSPS) is 16.2. The third kappa shape index (κ3) is 2.92. The lowest BCUT2D eigenvalue weighted by atomic mass is 10.1. The molecule has 1 aliphatic carbocycles. The van der Waals surface area contributed by atoms with Crippen molar-refractivity contribution in [3.05, 3.63) is 71.2 Å². The first-order valence-electron chi connectivity index (χ1n) is 5.80. The maximum absolute atomic E-state index is 3.78. The molecule has 1 heterocycles. The minimum Gasteiger partial charge on any atom is -0.352 e. The third-order valence-electron chi connectivity index (χ3n) is 2.17. The summed E-state index contributed by atoms with van der Waals surface area (Å²) in [7, 11) is 0. The highest BCUT2D eigenvalue weighted by Gasteiger charge is 2.13. The summed E-state index contributed by atoms with van der Waals surface area (Å²) >= 11 is 0. The maximum Gasteiger partial charge on any atom is 0.0715 e. The van der Waals surface area contributed by atoms with E-state index in [1.54, 1.807) is 6.08 Å². The second kappa shape index (κ2) is 6.44. The minimum absolute atomic E-state index is 0. The molecule has 0 atom stereocenters. The Labute approximate surface area is 106 Å². The van der Waals surface area contributed by atoms with E-state index in [4.69, 9.17) is 0 Å². The molecule has 2 N–H and O–H groups in total. The summed E-state index contributed by atoms with van der Waals surface area (Å²) in [5.41, 5.74) is 9.82. The first-order valence-corrected chi connectivity index (χ1v) is 5.80. The van der Waals surface area contributed by atoms with E-state index in [1.165, 1.54) is 0 Å². The zero-order chi connectivity index (χ0) is 12.7. The number of nitrogens with one attached hydrogen (secondary N) is 2. The van der Waals surface area contributed by atoms with Crippen LogP contribution in [0.15, 0.2) is 71.2 Å². The molecule has 0 aromatic rings. The van der Waals surface area contributed by atoms with Crippen molar-refractivity contribution in [3.8, 4) is 0 Å². The summed E-state index contributed by atoms with van der Waals surface area (Å²) in [6, 6.07) is 0. The molecule has 92 valence electrons. The smallest absolute Gasteiger partial charge is 0.0715 e. The zero-order valence-corrected chi connectivity index (χ0v) is 10.6. The van der Waals surface area contributed by atoms with Crippen LogP contribution in [0.1, 0.15) is 23.6 Å². The third-order valence-corrected chi connectivity index (χ3v) is 2.17. The maximum atomic E-state index is 3.78. The number of hydrogen-bond acceptors (Lipinski definition) is 2. The van der Waals surface area contributed by atoms with Crippen molar-refractivity contribution in [1.82, 2.24) is 10.6 Å². The highest BCUT2D eigenvalue weighted by Crippen LogP contribution is 2.17. The molecular weight excluding hydrogens is 208 g/mol. The van der Waals surface area contributed by atoms with Crippen LogP contribution >= 0.6 is 0 Å². The van der Waals surface area contributed by atoms with Crippen molar-refractivity contribution < 1.29 is 2.85 Å². The van der Waals surface area contributed by atoms with Crippen LogP contribution in [0.5, 0.6) is 0 Å². The van der Waals surface area contributed by atoms with Crippen molar-refractivity contribution in [2.45, 2.75) is 20.8 Å². The molecule has 0 fully saturated rings. The van der Waals surface area contributed by atoms with Gasteiger partial charge in [0, 0.05) is 15.0 Å². The molecule has 0 amide bonds. The molecule has 0 aromatic carbocycles. The van der Waals surface area contributed by atoms with E-state index in [1.807, 2.05) is 45.1 Å². The Kier molecular flexibility index (Phi) is 4.90. The molecule has 0 radical (unpaired) electrons. The van der Waals surface area contributed by atoms with E-state index in [0.717, 1.165) is 22.8 Å². The van der Waals surface area contributed by atoms with Gasteiger partial charge in [0.2, 0.25) is 0 Å². The second-order valence-corrected chi connectivity index (χ2v) is 3.19. The fraction of sp³-hybridized carbons (Fsp3) is 0.200. The standard InChI is InChI=1S/C13H12N2.C2H6.2H2/c1-3-7-11-10(4-2)14-12-8-5-6-9-13(12)15-11;1-2;;/h3-4,7-9,14-15H,2H2,1H3;1-2H3;2*1H/b7-3-;;;. The van der Waals surface area contributed by atoms with Crippen LogP contribution in [0.4, 0.5) is 0 Å². The van der Waals surface area contributed by atoms with Crippen LogP contribution in [-0.2, 0) is 0 Å².